The van der Waals surface area contributed by atoms with Gasteiger partial charge in [-0.2, -0.15) is 0 Å². The minimum absolute atomic E-state index is 0.768. The van der Waals surface area contributed by atoms with Gasteiger partial charge in [-0.25, -0.2) is 0 Å². The largest absolute Gasteiger partial charge is 0.459 e. The Labute approximate surface area is 507 Å². The Morgan fingerprint density at radius 3 is 0.818 bits per heavy atom. The van der Waals surface area contributed by atoms with Crippen molar-refractivity contribution in [2.45, 2.75) is 10.8 Å². The van der Waals surface area contributed by atoms with Crippen LogP contribution < -0.4 is 9.80 Å². The summed E-state index contributed by atoms with van der Waals surface area (Å²) in [6.07, 6.45) is 0. The molecular weight excluding hydrogens is 1070 g/mol. The van der Waals surface area contributed by atoms with E-state index in [1.54, 1.807) is 0 Å². The van der Waals surface area contributed by atoms with Gasteiger partial charge < -0.3 is 27.8 Å². The van der Waals surface area contributed by atoms with Gasteiger partial charge in [-0.1, -0.05) is 182 Å². The molecule has 0 saturated carbocycles. The van der Waals surface area contributed by atoms with Gasteiger partial charge in [0, 0.05) is 66.5 Å². The molecule has 412 valence electrons. The summed E-state index contributed by atoms with van der Waals surface area (Å²) in [6, 6.07) is 115. The maximum absolute atomic E-state index is 8.10. The summed E-state index contributed by atoms with van der Waals surface area (Å²) in [5.41, 5.74) is 19.4. The lowest BCUT2D eigenvalue weighted by molar-refractivity contribution is 0.400. The number of fused-ring (bicyclic) bond motifs is 20. The van der Waals surface area contributed by atoms with Crippen molar-refractivity contribution in [3.05, 3.63) is 360 Å². The standard InChI is InChI=1S/C82H52N4O2/c1-3-23-55(24-4-1)85-73-39-19-11-31-63(73)81(64-32-12-20-40-74(64)85)67-51-77(53-43-47-57(48-44-53)83-69-35-15-7-27-59(69)60-28-8-16-36-70(60)83)88-80(67)82(65-33-13-21-41-75(65)86(56-25-5-2-6-26-56)76-42-22-14-34-66(76)82)68-52-78(87-79(68)81)54-45-49-58(50-46-54)84-71-37-17-9-29-61(71)62-30-10-18-38-72(62)84/h1-52H. The van der Waals surface area contributed by atoms with E-state index in [0.29, 0.717) is 0 Å². The molecule has 1 aliphatic carbocycles. The highest BCUT2D eigenvalue weighted by molar-refractivity contribution is 6.10. The van der Waals surface area contributed by atoms with E-state index in [9.17, 15) is 0 Å². The number of hydrogen-bond donors (Lipinski definition) is 0. The third-order valence-electron chi connectivity index (χ3n) is 19.2. The van der Waals surface area contributed by atoms with Crippen molar-refractivity contribution in [2.75, 3.05) is 9.80 Å². The van der Waals surface area contributed by atoms with Gasteiger partial charge in [0.25, 0.3) is 0 Å². The Morgan fingerprint density at radius 1 is 0.227 bits per heavy atom. The zero-order chi connectivity index (χ0) is 57.7. The number of furan rings is 2. The summed E-state index contributed by atoms with van der Waals surface area (Å²) in [5, 5.41) is 4.91. The van der Waals surface area contributed by atoms with Gasteiger partial charge in [0.2, 0.25) is 0 Å². The number of para-hydroxylation sites is 10. The van der Waals surface area contributed by atoms with Gasteiger partial charge in [-0.15, -0.1) is 0 Å². The quantitative estimate of drug-likeness (QED) is 0.166. The predicted octanol–water partition coefficient (Wildman–Crippen LogP) is 21.0. The molecule has 0 amide bonds. The van der Waals surface area contributed by atoms with Crippen LogP contribution >= 0.6 is 0 Å². The fourth-order valence-electron chi connectivity index (χ4n) is 15.6. The van der Waals surface area contributed by atoms with Gasteiger partial charge in [0.1, 0.15) is 33.9 Å². The molecule has 0 atom stereocenters. The van der Waals surface area contributed by atoms with E-state index in [1.165, 1.54) is 43.6 Å². The summed E-state index contributed by atoms with van der Waals surface area (Å²) >= 11 is 0. The average molecular weight is 1130 g/mol. The van der Waals surface area contributed by atoms with Crippen molar-refractivity contribution < 1.29 is 8.83 Å². The van der Waals surface area contributed by atoms with Crippen molar-refractivity contribution in [3.8, 4) is 34.0 Å². The zero-order valence-electron chi connectivity index (χ0n) is 47.6. The van der Waals surface area contributed by atoms with Crippen molar-refractivity contribution in [1.29, 1.82) is 0 Å². The number of benzene rings is 12. The fraction of sp³-hybridized carbons (Fsp3) is 0.0244. The molecule has 0 bridgehead atoms. The molecule has 3 aliphatic rings. The van der Waals surface area contributed by atoms with Crippen LogP contribution in [-0.2, 0) is 10.8 Å². The van der Waals surface area contributed by atoms with Crippen molar-refractivity contribution in [3.63, 3.8) is 0 Å². The minimum atomic E-state index is -1.05. The summed E-state index contributed by atoms with van der Waals surface area (Å²) in [7, 11) is 0. The lowest BCUT2D eigenvalue weighted by Crippen LogP contribution is -2.48. The van der Waals surface area contributed by atoms with E-state index >= 15 is 0 Å². The van der Waals surface area contributed by atoms with E-state index in [1.807, 2.05) is 0 Å². The first-order chi connectivity index (χ1) is 43.7. The smallest absolute Gasteiger partial charge is 0.134 e. The van der Waals surface area contributed by atoms with Crippen molar-refractivity contribution >= 4 is 77.7 Å². The molecule has 0 saturated heterocycles. The molecule has 6 heterocycles. The minimum Gasteiger partial charge on any atom is -0.459 e. The van der Waals surface area contributed by atoms with E-state index in [-0.39, 0.29) is 0 Å². The Balaban J connectivity index is 0.910. The highest BCUT2D eigenvalue weighted by Gasteiger charge is 2.63. The van der Waals surface area contributed by atoms with Crippen LogP contribution in [0.4, 0.5) is 34.1 Å². The van der Waals surface area contributed by atoms with Crippen LogP contribution in [0.2, 0.25) is 0 Å². The molecular formula is C82H52N4O2. The van der Waals surface area contributed by atoms with E-state index in [0.717, 1.165) is 113 Å². The van der Waals surface area contributed by atoms with Crippen molar-refractivity contribution in [2.24, 2.45) is 0 Å². The van der Waals surface area contributed by atoms with Crippen LogP contribution in [0.3, 0.4) is 0 Å². The number of rotatable bonds is 6. The van der Waals surface area contributed by atoms with Gasteiger partial charge >= 0.3 is 0 Å². The normalized spacial score (nSPS) is 14.0. The molecule has 0 unspecified atom stereocenters. The topological polar surface area (TPSA) is 42.6 Å². The van der Waals surface area contributed by atoms with Crippen LogP contribution in [0.1, 0.15) is 44.9 Å². The number of nitrogens with zero attached hydrogens (tertiary/aromatic N) is 4. The van der Waals surface area contributed by atoms with Gasteiger partial charge in [-0.05, 0) is 156 Å². The second kappa shape index (κ2) is 18.5. The van der Waals surface area contributed by atoms with Crippen LogP contribution in [0, 0.1) is 0 Å². The van der Waals surface area contributed by atoms with E-state index in [4.69, 9.17) is 8.83 Å². The third kappa shape index (κ3) is 6.50. The molecule has 0 radical (unpaired) electrons. The second-order valence-electron chi connectivity index (χ2n) is 23.5. The summed E-state index contributed by atoms with van der Waals surface area (Å²) in [5.74, 6) is 3.23. The van der Waals surface area contributed by atoms with E-state index in [2.05, 4.69) is 334 Å². The zero-order valence-corrected chi connectivity index (χ0v) is 47.6. The first-order valence-corrected chi connectivity index (χ1v) is 30.2. The molecule has 4 aromatic heterocycles. The molecule has 2 spiro atoms. The highest BCUT2D eigenvalue weighted by Crippen LogP contribution is 2.69. The van der Waals surface area contributed by atoms with Gasteiger partial charge in [0.05, 0.1) is 44.8 Å². The Kier molecular flexibility index (Phi) is 10.2. The lowest BCUT2D eigenvalue weighted by Gasteiger charge is -2.52. The maximum Gasteiger partial charge on any atom is 0.134 e. The van der Waals surface area contributed by atoms with Gasteiger partial charge in [0.15, 0.2) is 0 Å². The lowest BCUT2D eigenvalue weighted by atomic mass is 9.53. The Hall–Kier alpha value is -11.6. The second-order valence-corrected chi connectivity index (χ2v) is 23.5. The molecule has 2 aliphatic heterocycles. The van der Waals surface area contributed by atoms with Crippen LogP contribution in [-0.4, -0.2) is 9.13 Å². The first-order valence-electron chi connectivity index (χ1n) is 30.2. The molecule has 16 aromatic rings. The fourth-order valence-corrected chi connectivity index (χ4v) is 15.6. The average Bonchev–Trinajstić information content (AvgIpc) is 1.41. The van der Waals surface area contributed by atoms with Gasteiger partial charge in [-0.3, -0.25) is 0 Å². The predicted molar refractivity (Wildman–Crippen MR) is 357 cm³/mol. The third-order valence-corrected chi connectivity index (χ3v) is 19.2. The van der Waals surface area contributed by atoms with E-state index < -0.39 is 10.8 Å². The number of hydrogen-bond acceptors (Lipinski definition) is 4. The van der Waals surface area contributed by atoms with Crippen molar-refractivity contribution in [1.82, 2.24) is 9.13 Å². The maximum atomic E-state index is 8.10. The number of anilines is 6. The SMILES string of the molecule is c1ccc(N2c3ccccc3C3(c4ccccc42)c2cc(-c4ccc(-n5c6ccccc6c6ccccc65)cc4)oc2C2(c4ccccc4N(c4ccccc4)c4ccccc42)c2cc(-c4ccc(-n5c6ccccc6c6ccccc65)cc4)oc23)cc1. The summed E-state index contributed by atoms with van der Waals surface area (Å²) in [6.45, 7) is 0. The Bertz CT molecular complexity index is 4880. The Morgan fingerprint density at radius 2 is 0.500 bits per heavy atom. The number of aromatic nitrogens is 2. The summed E-state index contributed by atoms with van der Waals surface area (Å²) < 4.78 is 20.9. The molecule has 6 heteroatoms. The molecule has 88 heavy (non-hydrogen) atoms. The molecule has 0 fully saturated rings. The molecule has 6 nitrogen and oxygen atoms in total. The van der Waals surface area contributed by atoms with Crippen LogP contribution in [0.15, 0.2) is 324 Å². The molecule has 19 rings (SSSR count). The summed E-state index contributed by atoms with van der Waals surface area (Å²) in [4.78, 5) is 4.85. The molecule has 12 aromatic carbocycles. The first kappa shape index (κ1) is 48.7. The monoisotopic (exact) mass is 1120 g/mol. The highest BCUT2D eigenvalue weighted by atomic mass is 16.4. The molecule has 0 N–H and O–H groups in total. The van der Waals surface area contributed by atoms with Crippen LogP contribution in [0.25, 0.3) is 77.6 Å². The van der Waals surface area contributed by atoms with Crippen LogP contribution in [0.5, 0.6) is 0 Å².